The molecule has 0 radical (unpaired) electrons. The number of carbonyl (C=O) groups is 3. The predicted octanol–water partition coefficient (Wildman–Crippen LogP) is 2.99. The number of amides is 2. The van der Waals surface area contributed by atoms with Crippen LogP contribution in [0.2, 0.25) is 0 Å². The molecule has 0 spiro atoms. The van der Waals surface area contributed by atoms with Gasteiger partial charge in [0.25, 0.3) is 11.8 Å². The molecule has 0 fully saturated rings. The standard InChI is InChI=1S/C32H26NO6P/c1-38-31(36)27(33-29(34)25-20-12-13-21-26(25)30(33)35)28(32(37)39-2)40(22-14-6-3-7-15-22,23-16-8-4-9-17-23)24-18-10-5-11-19-24/h3-21,27H,1-2H3/b32-28-/t27-/m1/s1. The number of nitrogens with zero attached hydrogens (tertiary/aromatic N) is 1. The molecule has 0 aromatic heterocycles. The minimum atomic E-state index is -3.26. The highest BCUT2D eigenvalue weighted by atomic mass is 31.2. The topological polar surface area (TPSA) is 96.0 Å². The van der Waals surface area contributed by atoms with E-state index >= 15 is 0 Å². The number of esters is 1. The molecule has 5 rings (SSSR count). The van der Waals surface area contributed by atoms with Gasteiger partial charge in [0.1, 0.15) is 28.5 Å². The van der Waals surface area contributed by atoms with E-state index < -0.39 is 37.0 Å². The zero-order valence-corrected chi connectivity index (χ0v) is 22.8. The van der Waals surface area contributed by atoms with Crippen LogP contribution in [-0.4, -0.2) is 42.9 Å². The van der Waals surface area contributed by atoms with Crippen molar-refractivity contribution in [2.45, 2.75) is 6.04 Å². The van der Waals surface area contributed by atoms with Gasteiger partial charge in [-0.3, -0.25) is 14.5 Å². The lowest BCUT2D eigenvalue weighted by Crippen LogP contribution is -2.51. The average Bonchev–Trinajstić information content (AvgIpc) is 3.27. The summed E-state index contributed by atoms with van der Waals surface area (Å²) in [7, 11) is -0.885. The highest BCUT2D eigenvalue weighted by molar-refractivity contribution is 7.99. The van der Waals surface area contributed by atoms with E-state index in [1.54, 1.807) is 12.1 Å². The molecule has 40 heavy (non-hydrogen) atoms. The zero-order chi connectivity index (χ0) is 28.3. The molecule has 0 aliphatic carbocycles. The Balaban J connectivity index is 1.92. The molecule has 1 atom stereocenters. The smallest absolute Gasteiger partial charge is 0.337 e. The molecule has 0 saturated heterocycles. The molecule has 1 heterocycles. The van der Waals surface area contributed by atoms with E-state index in [-0.39, 0.29) is 16.4 Å². The van der Waals surface area contributed by atoms with Crippen molar-refractivity contribution in [3.8, 4) is 0 Å². The number of benzene rings is 4. The van der Waals surface area contributed by atoms with Gasteiger partial charge >= 0.3 is 5.97 Å². The Hall–Kier alpha value is -4.74. The van der Waals surface area contributed by atoms with Gasteiger partial charge in [-0.2, -0.15) is 0 Å². The summed E-state index contributed by atoms with van der Waals surface area (Å²) < 4.78 is 10.6. The lowest BCUT2D eigenvalue weighted by Gasteiger charge is -2.36. The van der Waals surface area contributed by atoms with E-state index in [0.29, 0.717) is 0 Å². The fourth-order valence-electron chi connectivity index (χ4n) is 5.25. The summed E-state index contributed by atoms with van der Waals surface area (Å²) in [6, 6.07) is 32.6. The summed E-state index contributed by atoms with van der Waals surface area (Å²) in [5.74, 6) is -3.13. The van der Waals surface area contributed by atoms with Crippen LogP contribution in [0.3, 0.4) is 0 Å². The van der Waals surface area contributed by atoms with Gasteiger partial charge in [-0.15, -0.1) is 0 Å². The van der Waals surface area contributed by atoms with E-state index in [2.05, 4.69) is 0 Å². The third-order valence-corrected chi connectivity index (χ3v) is 11.3. The fourth-order valence-corrected chi connectivity index (χ4v) is 9.79. The quantitative estimate of drug-likeness (QED) is 0.145. The first-order valence-corrected chi connectivity index (χ1v) is 14.3. The minimum Gasteiger partial charge on any atom is -0.614 e. The van der Waals surface area contributed by atoms with Gasteiger partial charge in [-0.25, -0.2) is 4.79 Å². The van der Waals surface area contributed by atoms with Crippen molar-refractivity contribution in [3.05, 3.63) is 138 Å². The third kappa shape index (κ3) is 4.25. The monoisotopic (exact) mass is 551 g/mol. The summed E-state index contributed by atoms with van der Waals surface area (Å²) in [6.07, 6.45) is 0. The number of hydrogen-bond donors (Lipinski definition) is 0. The molecule has 0 N–H and O–H groups in total. The third-order valence-electron chi connectivity index (χ3n) is 6.95. The summed E-state index contributed by atoms with van der Waals surface area (Å²) in [5.41, 5.74) is 0.294. The van der Waals surface area contributed by atoms with Crippen molar-refractivity contribution in [1.29, 1.82) is 0 Å². The average molecular weight is 552 g/mol. The van der Waals surface area contributed by atoms with Crippen LogP contribution in [0.25, 0.3) is 0 Å². The van der Waals surface area contributed by atoms with E-state index in [1.165, 1.54) is 19.2 Å². The highest BCUT2D eigenvalue weighted by Gasteiger charge is 2.59. The van der Waals surface area contributed by atoms with Gasteiger partial charge in [0.2, 0.25) is 0 Å². The molecule has 200 valence electrons. The summed E-state index contributed by atoms with van der Waals surface area (Å²) >= 11 is 0. The van der Waals surface area contributed by atoms with Crippen LogP contribution in [0.15, 0.2) is 127 Å². The van der Waals surface area contributed by atoms with Gasteiger partial charge in [-0.05, 0) is 55.6 Å². The Bertz CT molecular complexity index is 1460. The number of methoxy groups -OCH3 is 2. The van der Waals surface area contributed by atoms with Crippen LogP contribution in [-0.2, 0) is 14.3 Å². The fraction of sp³-hybridized carbons (Fsp3) is 0.0938. The molecule has 0 saturated carbocycles. The van der Waals surface area contributed by atoms with Gasteiger partial charge in [-0.1, -0.05) is 66.7 Å². The lowest BCUT2D eigenvalue weighted by atomic mass is 10.1. The summed E-state index contributed by atoms with van der Waals surface area (Å²) in [4.78, 5) is 42.1. The maximum Gasteiger partial charge on any atom is 0.337 e. The summed E-state index contributed by atoms with van der Waals surface area (Å²) in [6.45, 7) is 0. The zero-order valence-electron chi connectivity index (χ0n) is 21.9. The van der Waals surface area contributed by atoms with Crippen LogP contribution in [0.5, 0.6) is 0 Å². The number of rotatable bonds is 8. The molecule has 8 heteroatoms. The Kier molecular flexibility index (Phi) is 7.50. The number of ether oxygens (including phenoxy) is 2. The molecule has 1 aliphatic heterocycles. The van der Waals surface area contributed by atoms with Crippen molar-refractivity contribution >= 4 is 41.0 Å². The van der Waals surface area contributed by atoms with Crippen molar-refractivity contribution in [2.75, 3.05) is 14.2 Å². The number of hydrogen-bond acceptors (Lipinski definition) is 6. The van der Waals surface area contributed by atoms with Crippen LogP contribution in [0, 0.1) is 0 Å². The first kappa shape index (κ1) is 26.9. The van der Waals surface area contributed by atoms with E-state index in [4.69, 9.17) is 9.47 Å². The Morgan fingerprint density at radius 3 is 1.38 bits per heavy atom. The van der Waals surface area contributed by atoms with Gasteiger partial charge in [0.15, 0.2) is 6.04 Å². The van der Waals surface area contributed by atoms with Crippen molar-refractivity contribution in [3.63, 3.8) is 0 Å². The lowest BCUT2D eigenvalue weighted by molar-refractivity contribution is -0.354. The van der Waals surface area contributed by atoms with E-state index in [9.17, 15) is 19.5 Å². The molecular formula is C32H26NO6P. The van der Waals surface area contributed by atoms with Crippen LogP contribution in [0.4, 0.5) is 0 Å². The molecule has 1 aliphatic rings. The maximum absolute atomic E-state index is 14.1. The SMILES string of the molecule is COC(=O)[C@@H](/C(=C(\[O-])OC)[P+](c1ccccc1)(c1ccccc1)c1ccccc1)N1C(=O)c2ccccc2C1=O. The molecular weight excluding hydrogens is 525 g/mol. The molecule has 0 bridgehead atoms. The Labute approximate surface area is 232 Å². The van der Waals surface area contributed by atoms with Gasteiger partial charge in [0.05, 0.1) is 24.2 Å². The molecule has 4 aromatic carbocycles. The predicted molar refractivity (Wildman–Crippen MR) is 152 cm³/mol. The molecule has 4 aromatic rings. The van der Waals surface area contributed by atoms with E-state index in [0.717, 1.165) is 27.9 Å². The highest BCUT2D eigenvalue weighted by Crippen LogP contribution is 2.65. The first-order chi connectivity index (χ1) is 19.5. The number of carbonyl (C=O) groups excluding carboxylic acids is 3. The van der Waals surface area contributed by atoms with Crippen LogP contribution in [0.1, 0.15) is 20.7 Å². The Morgan fingerprint density at radius 2 is 1.02 bits per heavy atom. The van der Waals surface area contributed by atoms with Crippen LogP contribution >= 0.6 is 7.26 Å². The molecule has 0 unspecified atom stereocenters. The van der Waals surface area contributed by atoms with Gasteiger partial charge < -0.3 is 14.6 Å². The first-order valence-electron chi connectivity index (χ1n) is 12.5. The second kappa shape index (κ2) is 11.2. The summed E-state index contributed by atoms with van der Waals surface area (Å²) in [5, 5.41) is 16.3. The second-order valence-corrected chi connectivity index (χ2v) is 12.4. The van der Waals surface area contributed by atoms with Crippen molar-refractivity contribution in [1.82, 2.24) is 4.90 Å². The maximum atomic E-state index is 14.1. The normalized spacial score (nSPS) is 14.3. The number of imide groups is 1. The minimum absolute atomic E-state index is 0.0417. The molecule has 2 amide bonds. The van der Waals surface area contributed by atoms with E-state index in [1.807, 2.05) is 91.0 Å². The van der Waals surface area contributed by atoms with Crippen molar-refractivity contribution < 1.29 is 29.0 Å². The Morgan fingerprint density at radius 1 is 0.650 bits per heavy atom. The van der Waals surface area contributed by atoms with Crippen LogP contribution < -0.4 is 21.0 Å². The largest absolute Gasteiger partial charge is 0.614 e. The van der Waals surface area contributed by atoms with Crippen molar-refractivity contribution in [2.24, 2.45) is 0 Å². The second-order valence-electron chi connectivity index (χ2n) is 9.01. The van der Waals surface area contributed by atoms with Gasteiger partial charge in [0, 0.05) is 0 Å². The number of fused-ring (bicyclic) bond motifs is 1. The molecule has 7 nitrogen and oxygen atoms in total.